The van der Waals surface area contributed by atoms with Gasteiger partial charge in [0.25, 0.3) is 5.78 Å². The van der Waals surface area contributed by atoms with E-state index >= 15 is 0 Å². The lowest BCUT2D eigenvalue weighted by atomic mass is 10.0. The van der Waals surface area contributed by atoms with Crippen LogP contribution in [0.5, 0.6) is 11.5 Å². The number of aryl methyl sites for hydroxylation is 2. The van der Waals surface area contributed by atoms with E-state index in [4.69, 9.17) is 21.1 Å². The minimum atomic E-state index is -0.364. The van der Waals surface area contributed by atoms with Gasteiger partial charge < -0.3 is 14.8 Å². The Morgan fingerprint density at radius 2 is 1.97 bits per heavy atom. The fraction of sp³-hybridized carbons (Fsp3) is 0.280. The second-order valence-corrected chi connectivity index (χ2v) is 9.68. The van der Waals surface area contributed by atoms with Gasteiger partial charge in [0, 0.05) is 28.4 Å². The Morgan fingerprint density at radius 3 is 2.78 bits per heavy atom. The van der Waals surface area contributed by atoms with Crippen LogP contribution in [0, 0.1) is 19.7 Å². The molecule has 1 aliphatic heterocycles. The van der Waals surface area contributed by atoms with Crippen molar-refractivity contribution >= 4 is 35.0 Å². The number of fused-ring (bicyclic) bond motifs is 2. The molecule has 0 saturated carbocycles. The summed E-state index contributed by atoms with van der Waals surface area (Å²) in [4.78, 5) is 21.4. The number of aromatic nitrogens is 4. The fourth-order valence-corrected chi connectivity index (χ4v) is 4.84. The normalized spacial score (nSPS) is 14.7. The number of carbonyl (C=O) groups is 1. The van der Waals surface area contributed by atoms with Gasteiger partial charge in [-0.3, -0.25) is 4.79 Å². The van der Waals surface area contributed by atoms with Crippen molar-refractivity contribution in [1.29, 1.82) is 0 Å². The van der Waals surface area contributed by atoms with Crippen molar-refractivity contribution in [1.82, 2.24) is 24.9 Å². The molecule has 2 aromatic heterocycles. The predicted molar refractivity (Wildman–Crippen MR) is 135 cm³/mol. The predicted octanol–water partition coefficient (Wildman–Crippen LogP) is 4.17. The average molecular weight is 528 g/mol. The summed E-state index contributed by atoms with van der Waals surface area (Å²) >= 11 is 7.43. The second kappa shape index (κ2) is 10.3. The van der Waals surface area contributed by atoms with E-state index in [1.807, 2.05) is 38.1 Å². The van der Waals surface area contributed by atoms with Gasteiger partial charge in [0.15, 0.2) is 11.5 Å². The van der Waals surface area contributed by atoms with Gasteiger partial charge in [-0.25, -0.2) is 13.9 Å². The van der Waals surface area contributed by atoms with Crippen molar-refractivity contribution in [3.8, 4) is 11.5 Å². The van der Waals surface area contributed by atoms with Gasteiger partial charge in [0.05, 0.1) is 12.3 Å². The van der Waals surface area contributed by atoms with Gasteiger partial charge in [0.2, 0.25) is 11.1 Å². The lowest BCUT2D eigenvalue weighted by Crippen LogP contribution is -2.41. The summed E-state index contributed by atoms with van der Waals surface area (Å²) in [5.74, 6) is 1.39. The second-order valence-electron chi connectivity index (χ2n) is 8.33. The molecule has 1 aliphatic rings. The first-order chi connectivity index (χ1) is 17.4. The highest BCUT2D eigenvalue weighted by atomic mass is 35.5. The van der Waals surface area contributed by atoms with Crippen molar-refractivity contribution in [2.75, 3.05) is 18.9 Å². The molecule has 8 nitrogen and oxygen atoms in total. The molecule has 0 saturated heterocycles. The largest absolute Gasteiger partial charge is 0.486 e. The number of carbonyl (C=O) groups excluding carboxylic acids is 1. The lowest BCUT2D eigenvalue weighted by Gasteiger charge is -2.26. The molecule has 0 radical (unpaired) electrons. The number of halogens is 2. The Morgan fingerprint density at radius 1 is 1.17 bits per heavy atom. The van der Waals surface area contributed by atoms with E-state index in [1.165, 1.54) is 17.8 Å². The molecule has 0 unspecified atom stereocenters. The summed E-state index contributed by atoms with van der Waals surface area (Å²) in [6.07, 6.45) is 0.0206. The topological polar surface area (TPSA) is 90.6 Å². The highest BCUT2D eigenvalue weighted by molar-refractivity contribution is 7.99. The van der Waals surface area contributed by atoms with E-state index in [-0.39, 0.29) is 30.0 Å². The monoisotopic (exact) mass is 527 g/mol. The van der Waals surface area contributed by atoms with E-state index in [0.29, 0.717) is 46.2 Å². The molecular weight excluding hydrogens is 505 g/mol. The molecule has 0 spiro atoms. The van der Waals surface area contributed by atoms with Crippen LogP contribution in [0.1, 0.15) is 22.5 Å². The highest BCUT2D eigenvalue weighted by Gasteiger charge is 2.22. The number of nitrogens with zero attached hydrogens (tertiary/aromatic N) is 4. The summed E-state index contributed by atoms with van der Waals surface area (Å²) in [6, 6.07) is 12.1. The molecule has 11 heteroatoms. The van der Waals surface area contributed by atoms with Gasteiger partial charge in [-0.05, 0) is 43.7 Å². The van der Waals surface area contributed by atoms with Crippen LogP contribution in [0.15, 0.2) is 47.6 Å². The molecule has 1 N–H and O–H groups in total. The van der Waals surface area contributed by atoms with Crippen LogP contribution in [0.2, 0.25) is 5.02 Å². The third-order valence-electron chi connectivity index (χ3n) is 5.87. The van der Waals surface area contributed by atoms with Gasteiger partial charge in [0.1, 0.15) is 18.5 Å². The van der Waals surface area contributed by atoms with Crippen molar-refractivity contribution in [2.24, 2.45) is 0 Å². The van der Waals surface area contributed by atoms with Crippen LogP contribution in [0.4, 0.5) is 4.39 Å². The van der Waals surface area contributed by atoms with Crippen molar-refractivity contribution in [2.45, 2.75) is 31.5 Å². The standard InChI is InChI=1S/C25H23ClFN5O3S/c1-14-17(10-18-19(26)6-5-7-20(18)27)15(2)32-24(29-14)30-25(31-32)36-13-23(33)28-11-16-12-34-21-8-3-4-9-22(21)35-16/h3-9,16H,10-13H2,1-2H3,(H,28,33)/t16-/m1/s1. The quantitative estimate of drug-likeness (QED) is 0.361. The van der Waals surface area contributed by atoms with Gasteiger partial charge in [-0.15, -0.1) is 5.10 Å². The van der Waals surface area contributed by atoms with Crippen LogP contribution in [0.3, 0.4) is 0 Å². The Labute approximate surface area is 216 Å². The molecule has 0 fully saturated rings. The van der Waals surface area contributed by atoms with Gasteiger partial charge in [-0.2, -0.15) is 4.98 Å². The minimum Gasteiger partial charge on any atom is -0.486 e. The fourth-order valence-electron chi connectivity index (χ4n) is 3.96. The van der Waals surface area contributed by atoms with E-state index in [9.17, 15) is 9.18 Å². The molecule has 1 amide bonds. The van der Waals surface area contributed by atoms with Crippen LogP contribution in [0.25, 0.3) is 5.78 Å². The first kappa shape index (κ1) is 24.3. The summed E-state index contributed by atoms with van der Waals surface area (Å²) in [6.45, 7) is 4.42. The number of benzene rings is 2. The zero-order valence-corrected chi connectivity index (χ0v) is 21.2. The molecule has 1 atom stereocenters. The molecular formula is C25H23ClFN5O3S. The summed E-state index contributed by atoms with van der Waals surface area (Å²) in [5, 5.41) is 8.15. The maximum absolute atomic E-state index is 14.3. The smallest absolute Gasteiger partial charge is 0.253 e. The number of para-hydroxylation sites is 2. The molecule has 3 heterocycles. The lowest BCUT2D eigenvalue weighted by molar-refractivity contribution is -0.119. The average Bonchev–Trinajstić information content (AvgIpc) is 3.28. The maximum Gasteiger partial charge on any atom is 0.253 e. The van der Waals surface area contributed by atoms with E-state index < -0.39 is 0 Å². The summed E-state index contributed by atoms with van der Waals surface area (Å²) in [7, 11) is 0. The Bertz CT molecular complexity index is 1430. The Kier molecular flexibility index (Phi) is 6.97. The van der Waals surface area contributed by atoms with Crippen molar-refractivity contribution < 1.29 is 18.7 Å². The first-order valence-corrected chi connectivity index (χ1v) is 12.7. The molecule has 2 aromatic carbocycles. The number of rotatable bonds is 7. The van der Waals surface area contributed by atoms with E-state index in [1.54, 1.807) is 16.6 Å². The van der Waals surface area contributed by atoms with Crippen LogP contribution in [-0.2, 0) is 11.2 Å². The maximum atomic E-state index is 14.3. The van der Waals surface area contributed by atoms with E-state index in [0.717, 1.165) is 17.0 Å². The third kappa shape index (κ3) is 5.10. The van der Waals surface area contributed by atoms with E-state index in [2.05, 4.69) is 20.4 Å². The molecule has 186 valence electrons. The number of ether oxygens (including phenoxy) is 2. The Balaban J connectivity index is 1.22. The number of hydrogen-bond donors (Lipinski definition) is 1. The summed E-state index contributed by atoms with van der Waals surface area (Å²) < 4.78 is 27.5. The number of hydrogen-bond acceptors (Lipinski definition) is 7. The zero-order chi connectivity index (χ0) is 25.2. The zero-order valence-electron chi connectivity index (χ0n) is 19.6. The van der Waals surface area contributed by atoms with Crippen LogP contribution < -0.4 is 14.8 Å². The molecule has 0 bridgehead atoms. The molecule has 4 aromatic rings. The van der Waals surface area contributed by atoms with Crippen LogP contribution in [-0.4, -0.2) is 50.5 Å². The summed E-state index contributed by atoms with van der Waals surface area (Å²) in [5.41, 5.74) is 2.74. The van der Waals surface area contributed by atoms with Crippen LogP contribution >= 0.6 is 23.4 Å². The minimum absolute atomic E-state index is 0.136. The SMILES string of the molecule is Cc1nc2nc(SCC(=O)NC[C@@H]3COc4ccccc4O3)nn2c(C)c1Cc1c(F)cccc1Cl. The van der Waals surface area contributed by atoms with Gasteiger partial charge >= 0.3 is 0 Å². The first-order valence-electron chi connectivity index (χ1n) is 11.3. The van der Waals surface area contributed by atoms with Crippen molar-refractivity contribution in [3.63, 3.8) is 0 Å². The molecule has 5 rings (SSSR count). The third-order valence-corrected chi connectivity index (χ3v) is 7.06. The Hall–Kier alpha value is -3.37. The highest BCUT2D eigenvalue weighted by Crippen LogP contribution is 2.30. The number of thioether (sulfide) groups is 1. The van der Waals surface area contributed by atoms with Gasteiger partial charge in [-0.1, -0.05) is 41.6 Å². The van der Waals surface area contributed by atoms with Crippen molar-refractivity contribution in [3.05, 3.63) is 75.8 Å². The molecule has 0 aliphatic carbocycles. The number of nitrogens with one attached hydrogen (secondary N) is 1. The molecule has 36 heavy (non-hydrogen) atoms. The number of amides is 1.